The Labute approximate surface area is 230 Å². The summed E-state index contributed by atoms with van der Waals surface area (Å²) in [6.07, 6.45) is 1.85. The number of aliphatic hydroxyl groups excluding tert-OH is 1. The molecule has 10 nitrogen and oxygen atoms in total. The van der Waals surface area contributed by atoms with Gasteiger partial charge in [0, 0.05) is 29.9 Å². The molecule has 1 amide bonds. The number of hydrogen-bond donors (Lipinski definition) is 3. The van der Waals surface area contributed by atoms with Gasteiger partial charge in [-0.05, 0) is 42.9 Å². The van der Waals surface area contributed by atoms with Crippen molar-refractivity contribution in [2.24, 2.45) is 0 Å². The summed E-state index contributed by atoms with van der Waals surface area (Å²) < 4.78 is 61.3. The molecule has 2 aliphatic carbocycles. The zero-order chi connectivity index (χ0) is 28.8. The molecule has 0 atom stereocenters. The molecular formula is C27H25F4N7O3. The molecule has 0 unspecified atom stereocenters. The van der Waals surface area contributed by atoms with Crippen molar-refractivity contribution in [1.29, 1.82) is 0 Å². The summed E-state index contributed by atoms with van der Waals surface area (Å²) in [6.45, 7) is 0.390. The summed E-state index contributed by atoms with van der Waals surface area (Å²) in [4.78, 5) is 21.1. The van der Waals surface area contributed by atoms with Gasteiger partial charge < -0.3 is 20.3 Å². The van der Waals surface area contributed by atoms with Gasteiger partial charge >= 0.3 is 6.18 Å². The number of aromatic nitrogens is 5. The average molecular weight is 572 g/mol. The number of alkyl halides is 3. The van der Waals surface area contributed by atoms with Crippen molar-refractivity contribution in [1.82, 2.24) is 24.9 Å². The summed E-state index contributed by atoms with van der Waals surface area (Å²) in [7, 11) is 0. The highest BCUT2D eigenvalue weighted by Gasteiger charge is 2.66. The van der Waals surface area contributed by atoms with Crippen molar-refractivity contribution in [3.05, 3.63) is 65.7 Å². The summed E-state index contributed by atoms with van der Waals surface area (Å²) in [5.41, 5.74) is 0.873. The molecule has 0 bridgehead atoms. The number of nitrogens with zero attached hydrogens (tertiary/aromatic N) is 5. The van der Waals surface area contributed by atoms with Crippen LogP contribution in [0.1, 0.15) is 48.6 Å². The van der Waals surface area contributed by atoms with Gasteiger partial charge in [0.1, 0.15) is 11.2 Å². The summed E-state index contributed by atoms with van der Waals surface area (Å²) in [5, 5.41) is 22.7. The maximum absolute atomic E-state index is 14.9. The van der Waals surface area contributed by atoms with E-state index >= 15 is 0 Å². The van der Waals surface area contributed by atoms with Crippen LogP contribution in [0.3, 0.4) is 0 Å². The van der Waals surface area contributed by atoms with Crippen LogP contribution in [0.2, 0.25) is 0 Å². The molecule has 2 saturated carbocycles. The quantitative estimate of drug-likeness (QED) is 0.230. The van der Waals surface area contributed by atoms with E-state index in [1.807, 2.05) is 0 Å². The minimum atomic E-state index is -4.47. The number of halogens is 4. The Hall–Kier alpha value is -4.33. The van der Waals surface area contributed by atoms with Crippen molar-refractivity contribution in [2.75, 3.05) is 17.2 Å². The fraction of sp³-hybridized carbons (Fsp3) is 0.370. The largest absolute Gasteiger partial charge is 0.401 e. The summed E-state index contributed by atoms with van der Waals surface area (Å²) in [6, 6.07) is 5.39. The number of amides is 1. The molecule has 3 heterocycles. The first-order valence-corrected chi connectivity index (χ1v) is 13.0. The van der Waals surface area contributed by atoms with Crippen LogP contribution in [-0.4, -0.2) is 48.7 Å². The van der Waals surface area contributed by atoms with Gasteiger partial charge in [0.25, 0.3) is 0 Å². The number of carbonyl (C=O) groups is 1. The highest BCUT2D eigenvalue weighted by Crippen LogP contribution is 2.59. The maximum Gasteiger partial charge on any atom is 0.401 e. The van der Waals surface area contributed by atoms with E-state index in [0.717, 1.165) is 30.3 Å². The topological polar surface area (TPSA) is 131 Å². The van der Waals surface area contributed by atoms with E-state index in [1.165, 1.54) is 12.1 Å². The Bertz CT molecular complexity index is 1570. The van der Waals surface area contributed by atoms with Crippen molar-refractivity contribution in [3.8, 4) is 11.1 Å². The van der Waals surface area contributed by atoms with Crippen molar-refractivity contribution in [3.63, 3.8) is 0 Å². The summed E-state index contributed by atoms with van der Waals surface area (Å²) in [5.74, 6) is -1.08. The Balaban J connectivity index is 1.09. The number of anilines is 3. The molecule has 0 radical (unpaired) electrons. The Morgan fingerprint density at radius 1 is 1.12 bits per heavy atom. The third-order valence-electron chi connectivity index (χ3n) is 7.33. The third kappa shape index (κ3) is 5.38. The smallest absolute Gasteiger partial charge is 0.394 e. The minimum Gasteiger partial charge on any atom is -0.394 e. The van der Waals surface area contributed by atoms with Crippen molar-refractivity contribution >= 4 is 23.4 Å². The zero-order valence-corrected chi connectivity index (χ0v) is 21.6. The average Bonchev–Trinajstić information content (AvgIpc) is 3.86. The van der Waals surface area contributed by atoms with E-state index in [9.17, 15) is 27.5 Å². The lowest BCUT2D eigenvalue weighted by Gasteiger charge is -2.14. The first kappa shape index (κ1) is 26.9. The number of nitrogens with one attached hydrogen (secondary N) is 2. The predicted molar refractivity (Wildman–Crippen MR) is 138 cm³/mol. The molecule has 1 aromatic carbocycles. The standard InChI is InChI=1S/C27H25F4N7O3/c28-19-9-16(18-12-32-25(33-13-18)35-20-14-34-38(7-8-39)24(20)15-1-2-15)3-4-17(19)10-23(40)36-22-11-21(41-37-22)26(5-6-26)27(29,30)31/h3-4,9,11-15,39H,1-2,5-8,10H2,(H,32,33,35)(H,36,37,40). The predicted octanol–water partition coefficient (Wildman–Crippen LogP) is 4.86. The first-order valence-electron chi connectivity index (χ1n) is 13.0. The second-order valence-electron chi connectivity index (χ2n) is 10.3. The van der Waals surface area contributed by atoms with Gasteiger partial charge in [0.15, 0.2) is 11.6 Å². The molecule has 2 aliphatic rings. The van der Waals surface area contributed by atoms with E-state index in [4.69, 9.17) is 4.52 Å². The van der Waals surface area contributed by atoms with E-state index in [1.54, 1.807) is 29.3 Å². The van der Waals surface area contributed by atoms with E-state index < -0.39 is 23.3 Å². The van der Waals surface area contributed by atoms with Gasteiger partial charge in [-0.25, -0.2) is 14.4 Å². The Kier molecular flexibility index (Phi) is 6.72. The molecule has 3 N–H and O–H groups in total. The Morgan fingerprint density at radius 2 is 1.88 bits per heavy atom. The lowest BCUT2D eigenvalue weighted by molar-refractivity contribution is -0.165. The summed E-state index contributed by atoms with van der Waals surface area (Å²) >= 11 is 0. The monoisotopic (exact) mass is 571 g/mol. The molecule has 3 aromatic heterocycles. The SMILES string of the molecule is O=C(Cc1ccc(-c2cnc(Nc3cnn(CCO)c3C3CC3)nc2)cc1F)Nc1cc(C2(C(F)(F)F)CC2)on1. The van der Waals surface area contributed by atoms with E-state index in [-0.39, 0.29) is 43.0 Å². The van der Waals surface area contributed by atoms with Crippen LogP contribution in [0.5, 0.6) is 0 Å². The zero-order valence-electron chi connectivity index (χ0n) is 21.6. The van der Waals surface area contributed by atoms with E-state index in [2.05, 4.69) is 30.9 Å². The van der Waals surface area contributed by atoms with Gasteiger partial charge in [-0.3, -0.25) is 9.48 Å². The van der Waals surface area contributed by atoms with Crippen LogP contribution < -0.4 is 10.6 Å². The fourth-order valence-electron chi connectivity index (χ4n) is 4.80. The van der Waals surface area contributed by atoms with Crippen molar-refractivity contribution in [2.45, 2.75) is 56.2 Å². The maximum atomic E-state index is 14.9. The third-order valence-corrected chi connectivity index (χ3v) is 7.33. The van der Waals surface area contributed by atoms with Crippen molar-refractivity contribution < 1.29 is 32.0 Å². The van der Waals surface area contributed by atoms with Gasteiger partial charge in [-0.15, -0.1) is 0 Å². The highest BCUT2D eigenvalue weighted by atomic mass is 19.4. The molecule has 0 aliphatic heterocycles. The van der Waals surface area contributed by atoms with Crippen LogP contribution in [0.25, 0.3) is 11.1 Å². The molecule has 6 rings (SSSR count). The van der Waals surface area contributed by atoms with Crippen LogP contribution in [0.4, 0.5) is 35.0 Å². The van der Waals surface area contributed by atoms with Crippen LogP contribution in [0, 0.1) is 5.82 Å². The molecule has 0 saturated heterocycles. The minimum absolute atomic E-state index is 0.0135. The lowest BCUT2D eigenvalue weighted by Crippen LogP contribution is -2.28. The van der Waals surface area contributed by atoms with Crippen LogP contribution in [0.15, 0.2) is 47.4 Å². The molecule has 41 heavy (non-hydrogen) atoms. The number of rotatable bonds is 10. The van der Waals surface area contributed by atoms with Crippen LogP contribution in [-0.2, 0) is 23.2 Å². The molecule has 2 fully saturated rings. The first-order chi connectivity index (χ1) is 19.7. The lowest BCUT2D eigenvalue weighted by atomic mass is 10.0. The molecule has 214 valence electrons. The van der Waals surface area contributed by atoms with Gasteiger partial charge in [0.2, 0.25) is 11.9 Å². The molecule has 4 aromatic rings. The molecule has 14 heteroatoms. The number of hydrogen-bond acceptors (Lipinski definition) is 8. The van der Waals surface area contributed by atoms with E-state index in [0.29, 0.717) is 29.5 Å². The normalized spacial score (nSPS) is 16.0. The van der Waals surface area contributed by atoms with Gasteiger partial charge in [-0.1, -0.05) is 17.3 Å². The number of carbonyl (C=O) groups excluding carboxylic acids is 1. The van der Waals surface area contributed by atoms with Gasteiger partial charge in [-0.2, -0.15) is 18.3 Å². The molecule has 0 spiro atoms. The number of benzene rings is 1. The second-order valence-corrected chi connectivity index (χ2v) is 10.3. The Morgan fingerprint density at radius 3 is 2.51 bits per heavy atom. The fourth-order valence-corrected chi connectivity index (χ4v) is 4.80. The number of aliphatic hydroxyl groups is 1. The highest BCUT2D eigenvalue weighted by molar-refractivity contribution is 5.91. The van der Waals surface area contributed by atoms with Crippen LogP contribution >= 0.6 is 0 Å². The molecular weight excluding hydrogens is 546 g/mol. The van der Waals surface area contributed by atoms with Gasteiger partial charge in [0.05, 0.1) is 37.2 Å². The second kappa shape index (κ2) is 10.3.